The number of allylic oxidation sites excluding steroid dienone is 1. The molecule has 1 atom stereocenters. The van der Waals surface area contributed by atoms with Gasteiger partial charge in [0.2, 0.25) is 5.91 Å². The third kappa shape index (κ3) is 8.10. The van der Waals surface area contributed by atoms with Crippen LogP contribution in [-0.2, 0) is 4.79 Å². The number of carbonyl (C=O) groups excluding carboxylic acids is 1. The Kier molecular flexibility index (Phi) is 10.4. The molecule has 5 nitrogen and oxygen atoms in total. The van der Waals surface area contributed by atoms with E-state index in [2.05, 4.69) is 29.2 Å². The summed E-state index contributed by atoms with van der Waals surface area (Å²) in [6.07, 6.45) is -1.14. The average Bonchev–Trinajstić information content (AvgIpc) is 2.77. The summed E-state index contributed by atoms with van der Waals surface area (Å²) in [5, 5.41) is 6.43. The summed E-state index contributed by atoms with van der Waals surface area (Å²) in [5.41, 5.74) is -0.674. The zero-order valence-corrected chi connectivity index (χ0v) is 22.4. The van der Waals surface area contributed by atoms with Gasteiger partial charge in [0.1, 0.15) is 0 Å². The van der Waals surface area contributed by atoms with E-state index in [4.69, 9.17) is 0 Å². The summed E-state index contributed by atoms with van der Waals surface area (Å²) in [6, 6.07) is 5.73. The minimum Gasteiger partial charge on any atom is -0.462 e. The normalized spacial score (nSPS) is 12.7. The molecule has 1 heterocycles. The molecule has 0 spiro atoms. The van der Waals surface area contributed by atoms with Gasteiger partial charge in [0.25, 0.3) is 0 Å². The van der Waals surface area contributed by atoms with Crippen LogP contribution in [0.4, 0.5) is 23.2 Å². The number of amides is 1. The number of nitrogens with zero attached hydrogens (tertiary/aromatic N) is 2. The standard InChI is InChI=1S/C25H30F4N4O.Es/c1-16(2)24(34)30-12-7-8-18-14-21-20(23(32-18)17(3)25(27,28)29)9-6-10-22(21)31-19(15-26)11-13-33(4)5;/h6-10,14-16,19,31H,3-4,11-13H2,1-2,5H3,(H,30,34);/q-2;/b8-7+;/t19-;/m1./s1. The smallest absolute Gasteiger partial charge is 0.417 e. The van der Waals surface area contributed by atoms with Gasteiger partial charge in [-0.1, -0.05) is 44.7 Å². The predicted molar refractivity (Wildman–Crippen MR) is 129 cm³/mol. The van der Waals surface area contributed by atoms with Crippen LogP contribution >= 0.6 is 0 Å². The number of rotatable bonds is 11. The van der Waals surface area contributed by atoms with Crippen LogP contribution in [0, 0.1) is 19.6 Å². The van der Waals surface area contributed by atoms with Crippen molar-refractivity contribution in [2.45, 2.75) is 32.5 Å². The van der Waals surface area contributed by atoms with Gasteiger partial charge in [-0.15, -0.1) is 6.67 Å². The molecule has 0 bridgehead atoms. The Balaban J connectivity index is 0.00000612. The number of benzene rings is 1. The summed E-state index contributed by atoms with van der Waals surface area (Å²) < 4.78 is 54.1. The maximum absolute atomic E-state index is 13.5. The largest absolute Gasteiger partial charge is 0.462 e. The molecule has 1 aromatic heterocycles. The topological polar surface area (TPSA) is 57.3 Å². The fourth-order valence-electron chi connectivity index (χ4n) is 3.14. The van der Waals surface area contributed by atoms with Crippen molar-refractivity contribution in [3.63, 3.8) is 0 Å². The number of anilines is 1. The van der Waals surface area contributed by atoms with Gasteiger partial charge in [0.15, 0.2) is 0 Å². The quantitative estimate of drug-likeness (QED) is 0.233. The molecule has 1 amide bonds. The van der Waals surface area contributed by atoms with E-state index in [9.17, 15) is 22.4 Å². The van der Waals surface area contributed by atoms with Gasteiger partial charge in [-0.2, -0.15) is 13.2 Å². The van der Waals surface area contributed by atoms with E-state index in [1.54, 1.807) is 50.1 Å². The summed E-state index contributed by atoms with van der Waals surface area (Å²) in [5.74, 6) is -0.332. The first kappa shape index (κ1) is 29.1. The van der Waals surface area contributed by atoms with Crippen molar-refractivity contribution in [2.75, 3.05) is 25.5 Å². The van der Waals surface area contributed by atoms with Crippen LogP contribution < -0.4 is 10.6 Å². The van der Waals surface area contributed by atoms with Gasteiger partial charge in [0.05, 0.1) is 17.0 Å². The Morgan fingerprint density at radius 1 is 1.31 bits per heavy atom. The summed E-state index contributed by atoms with van der Waals surface area (Å²) in [6.45, 7) is 7.94. The summed E-state index contributed by atoms with van der Waals surface area (Å²) in [7, 11) is 5.49. The molecule has 2 aromatic rings. The summed E-state index contributed by atoms with van der Waals surface area (Å²) >= 11 is 0. The van der Waals surface area contributed by atoms with Gasteiger partial charge in [-0.25, -0.2) is 4.98 Å². The van der Waals surface area contributed by atoms with Gasteiger partial charge in [-0.3, -0.25) is 11.8 Å². The third-order valence-electron chi connectivity index (χ3n) is 5.04. The minimum absolute atomic E-state index is 0. The molecule has 35 heavy (non-hydrogen) atoms. The van der Waals surface area contributed by atoms with E-state index in [1.807, 2.05) is 0 Å². The van der Waals surface area contributed by atoms with E-state index in [1.165, 1.54) is 12.1 Å². The number of alkyl halides is 3. The maximum Gasteiger partial charge on any atom is 0.417 e. The zero-order chi connectivity index (χ0) is 25.5. The molecule has 0 unspecified atom stereocenters. The molecule has 1 radical (unpaired) electrons. The van der Waals surface area contributed by atoms with Crippen LogP contribution in [0.3, 0.4) is 0 Å². The minimum atomic E-state index is -4.68. The van der Waals surface area contributed by atoms with Gasteiger partial charge in [-0.05, 0) is 38.2 Å². The second-order valence-corrected chi connectivity index (χ2v) is 8.32. The molecule has 0 saturated heterocycles. The second kappa shape index (κ2) is 12.5. The van der Waals surface area contributed by atoms with E-state index in [0.717, 1.165) is 0 Å². The van der Waals surface area contributed by atoms with Crippen molar-refractivity contribution in [1.82, 2.24) is 15.2 Å². The molecule has 0 aliphatic carbocycles. The van der Waals surface area contributed by atoms with E-state index < -0.39 is 17.8 Å². The average molecular weight is 731 g/mol. The van der Waals surface area contributed by atoms with Crippen LogP contribution in [0.5, 0.6) is 0 Å². The molecule has 1 aromatic carbocycles. The Morgan fingerprint density at radius 3 is 2.57 bits per heavy atom. The van der Waals surface area contributed by atoms with E-state index >= 15 is 0 Å². The number of pyridine rings is 1. The molecular formula is C25H30EsF4N4O-2. The van der Waals surface area contributed by atoms with E-state index in [-0.39, 0.29) is 35.1 Å². The molecule has 2 rings (SSSR count). The first-order chi connectivity index (χ1) is 15.9. The van der Waals surface area contributed by atoms with Crippen LogP contribution in [0.25, 0.3) is 22.4 Å². The maximum atomic E-state index is 13.5. The number of hydrogen-bond acceptors (Lipinski definition) is 4. The van der Waals surface area contributed by atoms with E-state index in [0.29, 0.717) is 30.7 Å². The molecule has 2 N–H and O–H groups in total. The number of aromatic nitrogens is 1. The van der Waals surface area contributed by atoms with Crippen molar-refractivity contribution >= 4 is 34.0 Å². The Labute approximate surface area is 197 Å². The molecular weight excluding hydrogens is 700 g/mol. The zero-order valence-electron chi connectivity index (χ0n) is 19.8. The molecule has 197 valence electrons. The van der Waals surface area contributed by atoms with Gasteiger partial charge < -0.3 is 19.9 Å². The van der Waals surface area contributed by atoms with Crippen molar-refractivity contribution in [3.05, 3.63) is 62.0 Å². The van der Waals surface area contributed by atoms with Crippen molar-refractivity contribution in [2.24, 2.45) is 5.92 Å². The molecule has 0 aliphatic rings. The van der Waals surface area contributed by atoms with Crippen molar-refractivity contribution in [1.29, 1.82) is 0 Å². The SMILES string of the molecule is C=C(c1nc(/C=C/CNC(=O)C(C)C)cc2c(N[C@@H]([CH-]F)CCN([CH2-])C)cccc12)C(F)(F)F.[Es]. The van der Waals surface area contributed by atoms with Crippen LogP contribution in [0.1, 0.15) is 31.7 Å². The number of carbonyl (C=O) groups is 1. The number of hydrogen-bond donors (Lipinski definition) is 2. The first-order valence-corrected chi connectivity index (χ1v) is 10.8. The molecule has 10 heteroatoms. The Hall–Kier alpha value is -3.94. The third-order valence-corrected chi connectivity index (χ3v) is 5.04. The van der Waals surface area contributed by atoms with Gasteiger partial charge >= 0.3 is 6.18 Å². The first-order valence-electron chi connectivity index (χ1n) is 10.8. The predicted octanol–water partition coefficient (Wildman–Crippen LogP) is 5.62. The van der Waals surface area contributed by atoms with Crippen molar-refractivity contribution < 1.29 is 22.4 Å². The monoisotopic (exact) mass is 730 g/mol. The van der Waals surface area contributed by atoms with Crippen molar-refractivity contribution in [3.8, 4) is 0 Å². The van der Waals surface area contributed by atoms with Crippen LogP contribution in [-0.4, -0.2) is 48.1 Å². The fourth-order valence-corrected chi connectivity index (χ4v) is 3.14. The van der Waals surface area contributed by atoms with Crippen LogP contribution in [0.15, 0.2) is 36.9 Å². The molecule has 0 saturated carbocycles. The Bertz CT molecular complexity index is 1040. The van der Waals surface area contributed by atoms with Crippen LogP contribution in [0.2, 0.25) is 0 Å². The number of fused-ring (bicyclic) bond motifs is 1. The van der Waals surface area contributed by atoms with Gasteiger partial charge in [0, 0.05) is 28.9 Å². The Morgan fingerprint density at radius 2 is 2.00 bits per heavy atom. The summed E-state index contributed by atoms with van der Waals surface area (Å²) in [4.78, 5) is 17.5. The second-order valence-electron chi connectivity index (χ2n) is 8.32. The molecule has 0 aliphatic heterocycles. The molecule has 0 fully saturated rings. The fraction of sp³-hybridized carbons (Fsp3) is 0.360. The number of halogens is 4. The number of nitrogens with one attached hydrogen (secondary N) is 2.